The average molecular weight is 487 g/mol. The van der Waals surface area contributed by atoms with Gasteiger partial charge in [-0.05, 0) is 19.3 Å². The summed E-state index contributed by atoms with van der Waals surface area (Å²) in [7, 11) is 1.65. The zero-order valence-corrected chi connectivity index (χ0v) is 23.3. The van der Waals surface area contributed by atoms with Crippen molar-refractivity contribution < 1.29 is 23.7 Å². The van der Waals surface area contributed by atoms with Crippen molar-refractivity contribution in [3.63, 3.8) is 0 Å². The Hall–Kier alpha value is -0.650. The third-order valence-corrected chi connectivity index (χ3v) is 6.48. The van der Waals surface area contributed by atoms with Crippen LogP contribution in [0.15, 0.2) is 0 Å². The maximum Gasteiger partial charge on any atom is 0.332 e. The van der Waals surface area contributed by atoms with E-state index in [0.717, 1.165) is 6.42 Å². The van der Waals surface area contributed by atoms with Crippen LogP contribution in [0.4, 0.5) is 0 Å². The van der Waals surface area contributed by atoms with E-state index < -0.39 is 0 Å². The molecule has 0 rings (SSSR count). The highest BCUT2D eigenvalue weighted by Gasteiger charge is 2.12. The van der Waals surface area contributed by atoms with E-state index in [2.05, 4.69) is 13.8 Å². The Bertz CT molecular complexity index is 415. The summed E-state index contributed by atoms with van der Waals surface area (Å²) >= 11 is 0. The van der Waals surface area contributed by atoms with Gasteiger partial charge in [-0.2, -0.15) is 0 Å². The first-order chi connectivity index (χ1) is 16.6. The predicted octanol–water partition coefficient (Wildman–Crippen LogP) is 7.89. The summed E-state index contributed by atoms with van der Waals surface area (Å²) in [5.74, 6) is 0.406. The van der Waals surface area contributed by atoms with E-state index in [9.17, 15) is 4.79 Å². The number of hydrogen-bond acceptors (Lipinski definition) is 5. The Kier molecular flexibility index (Phi) is 26.4. The molecule has 5 heteroatoms. The number of carbonyl (C=O) groups is 1. The highest BCUT2D eigenvalue weighted by Crippen LogP contribution is 2.22. The molecule has 0 amide bonds. The minimum absolute atomic E-state index is 0.00188. The molecule has 34 heavy (non-hydrogen) atoms. The van der Waals surface area contributed by atoms with Crippen molar-refractivity contribution in [2.45, 2.75) is 136 Å². The Labute approximate surface area is 212 Å². The Morgan fingerprint density at radius 2 is 1.21 bits per heavy atom. The molecule has 0 bridgehead atoms. The summed E-state index contributed by atoms with van der Waals surface area (Å²) in [6.07, 6.45) is 22.4. The Balaban J connectivity index is 4.03. The van der Waals surface area contributed by atoms with E-state index in [0.29, 0.717) is 32.3 Å². The minimum Gasteiger partial charge on any atom is -0.464 e. The van der Waals surface area contributed by atoms with Gasteiger partial charge in [0.25, 0.3) is 0 Å². The molecule has 2 unspecified atom stereocenters. The number of unbranched alkanes of at least 4 members (excludes halogenated alkanes) is 12. The standard InChI is InChI=1S/C29H58O5/c1-5-7-9-11-13-14-16-18-20-28(19-17-15-12-10-8-6-2)21-22-34-29(30)26-32-25-27(3)33-24-23-31-4/h27-28H,5-26H2,1-4H3. The van der Waals surface area contributed by atoms with Crippen molar-refractivity contribution in [2.24, 2.45) is 5.92 Å². The third-order valence-electron chi connectivity index (χ3n) is 6.48. The monoisotopic (exact) mass is 486 g/mol. The maximum absolute atomic E-state index is 12.0. The van der Waals surface area contributed by atoms with Crippen molar-refractivity contribution in [3.8, 4) is 0 Å². The van der Waals surface area contributed by atoms with Gasteiger partial charge < -0.3 is 18.9 Å². The lowest BCUT2D eigenvalue weighted by Gasteiger charge is -2.17. The zero-order valence-electron chi connectivity index (χ0n) is 23.3. The average Bonchev–Trinajstić information content (AvgIpc) is 2.82. The molecule has 0 aliphatic rings. The van der Waals surface area contributed by atoms with E-state index >= 15 is 0 Å². The zero-order chi connectivity index (χ0) is 25.1. The molecule has 0 spiro atoms. The fourth-order valence-electron chi connectivity index (χ4n) is 4.28. The van der Waals surface area contributed by atoms with Crippen LogP contribution in [-0.2, 0) is 23.7 Å². The molecule has 0 saturated heterocycles. The molecule has 0 aromatic rings. The summed E-state index contributed by atoms with van der Waals surface area (Å²) in [6.45, 7) is 8.46. The molecule has 5 nitrogen and oxygen atoms in total. The Morgan fingerprint density at radius 1 is 0.676 bits per heavy atom. The molecule has 0 aromatic carbocycles. The fourth-order valence-corrected chi connectivity index (χ4v) is 4.28. The van der Waals surface area contributed by atoms with Gasteiger partial charge in [-0.3, -0.25) is 0 Å². The largest absolute Gasteiger partial charge is 0.464 e. The van der Waals surface area contributed by atoms with Crippen molar-refractivity contribution in [2.75, 3.05) is 40.1 Å². The Morgan fingerprint density at radius 3 is 1.74 bits per heavy atom. The second kappa shape index (κ2) is 26.9. The smallest absolute Gasteiger partial charge is 0.332 e. The first-order valence-corrected chi connectivity index (χ1v) is 14.5. The second-order valence-electron chi connectivity index (χ2n) is 9.88. The molecule has 204 valence electrons. The van der Waals surface area contributed by atoms with Gasteiger partial charge in [0, 0.05) is 7.11 Å². The summed E-state index contributed by atoms with van der Waals surface area (Å²) in [4.78, 5) is 12.0. The molecule has 0 aliphatic heterocycles. The van der Waals surface area contributed by atoms with Crippen molar-refractivity contribution in [1.82, 2.24) is 0 Å². The van der Waals surface area contributed by atoms with Crippen molar-refractivity contribution in [1.29, 1.82) is 0 Å². The highest BCUT2D eigenvalue weighted by atomic mass is 16.6. The van der Waals surface area contributed by atoms with Gasteiger partial charge in [-0.15, -0.1) is 0 Å². The number of methoxy groups -OCH3 is 1. The summed E-state index contributed by atoms with van der Waals surface area (Å²) < 4.78 is 21.4. The molecule has 0 aliphatic carbocycles. The van der Waals surface area contributed by atoms with Gasteiger partial charge in [-0.25, -0.2) is 4.79 Å². The van der Waals surface area contributed by atoms with Crippen LogP contribution in [0, 0.1) is 5.92 Å². The molecule has 0 N–H and O–H groups in total. The summed E-state index contributed by atoms with van der Waals surface area (Å²) in [5.41, 5.74) is 0. The van der Waals surface area contributed by atoms with Crippen LogP contribution in [0.1, 0.15) is 130 Å². The van der Waals surface area contributed by atoms with Gasteiger partial charge in [0.05, 0.1) is 32.5 Å². The van der Waals surface area contributed by atoms with Crippen LogP contribution in [0.2, 0.25) is 0 Å². The molecule has 0 saturated carbocycles. The van der Waals surface area contributed by atoms with Crippen LogP contribution in [0.25, 0.3) is 0 Å². The van der Waals surface area contributed by atoms with Crippen LogP contribution >= 0.6 is 0 Å². The predicted molar refractivity (Wildman–Crippen MR) is 142 cm³/mol. The van der Waals surface area contributed by atoms with E-state index in [1.807, 2.05) is 6.92 Å². The SMILES string of the molecule is CCCCCCCCCCC(CCCCCCCC)CCOC(=O)COCC(C)OCCOC. The molecular formula is C29H58O5. The number of hydrogen-bond donors (Lipinski definition) is 0. The molecule has 0 aromatic heterocycles. The number of carbonyl (C=O) groups excluding carboxylic acids is 1. The topological polar surface area (TPSA) is 54.0 Å². The lowest BCUT2D eigenvalue weighted by atomic mass is 9.91. The van der Waals surface area contributed by atoms with Crippen LogP contribution in [-0.4, -0.2) is 52.2 Å². The molecule has 0 fully saturated rings. The number of ether oxygens (including phenoxy) is 4. The van der Waals surface area contributed by atoms with Crippen LogP contribution < -0.4 is 0 Å². The van der Waals surface area contributed by atoms with E-state index in [1.165, 1.54) is 103 Å². The van der Waals surface area contributed by atoms with Crippen molar-refractivity contribution in [3.05, 3.63) is 0 Å². The lowest BCUT2D eigenvalue weighted by molar-refractivity contribution is -0.150. The molecule has 0 heterocycles. The van der Waals surface area contributed by atoms with E-state index in [-0.39, 0.29) is 18.7 Å². The van der Waals surface area contributed by atoms with Gasteiger partial charge in [0.2, 0.25) is 0 Å². The van der Waals surface area contributed by atoms with Crippen molar-refractivity contribution >= 4 is 5.97 Å². The van der Waals surface area contributed by atoms with E-state index in [4.69, 9.17) is 18.9 Å². The lowest BCUT2D eigenvalue weighted by Crippen LogP contribution is -2.22. The quantitative estimate of drug-likeness (QED) is 0.0872. The number of esters is 1. The molecule has 2 atom stereocenters. The van der Waals surface area contributed by atoms with Crippen LogP contribution in [0.5, 0.6) is 0 Å². The molecule has 0 radical (unpaired) electrons. The number of rotatable bonds is 27. The van der Waals surface area contributed by atoms with Gasteiger partial charge >= 0.3 is 5.97 Å². The van der Waals surface area contributed by atoms with E-state index in [1.54, 1.807) is 7.11 Å². The normalized spacial score (nSPS) is 13.2. The third kappa shape index (κ3) is 24.5. The van der Waals surface area contributed by atoms with Crippen LogP contribution in [0.3, 0.4) is 0 Å². The summed E-state index contributed by atoms with van der Waals surface area (Å²) in [6, 6.07) is 0. The molecular weight excluding hydrogens is 428 g/mol. The first-order valence-electron chi connectivity index (χ1n) is 14.5. The minimum atomic E-state index is -0.269. The van der Waals surface area contributed by atoms with Gasteiger partial charge in [0.15, 0.2) is 0 Å². The first kappa shape index (κ1) is 33.4. The van der Waals surface area contributed by atoms with Gasteiger partial charge in [-0.1, -0.05) is 117 Å². The fraction of sp³-hybridized carbons (Fsp3) is 0.966. The van der Waals surface area contributed by atoms with Gasteiger partial charge in [0.1, 0.15) is 6.61 Å². The maximum atomic E-state index is 12.0. The summed E-state index contributed by atoms with van der Waals surface area (Å²) in [5, 5.41) is 0. The second-order valence-corrected chi connectivity index (χ2v) is 9.88. The highest BCUT2D eigenvalue weighted by molar-refractivity contribution is 5.70.